The fraction of sp³-hybridized carbons (Fsp3) is 0.867. The molecule has 0 aromatic heterocycles. The zero-order valence-electron chi connectivity index (χ0n) is 13.0. The summed E-state index contributed by atoms with van der Waals surface area (Å²) in [5.41, 5.74) is 0. The van der Waals surface area contributed by atoms with Crippen LogP contribution in [0, 0.1) is 5.92 Å². The Bertz CT molecular complexity index is 345. The third-order valence-electron chi connectivity index (χ3n) is 4.34. The van der Waals surface area contributed by atoms with Gasteiger partial charge in [0.1, 0.15) is 0 Å². The first-order valence-corrected chi connectivity index (χ1v) is 7.94. The Morgan fingerprint density at radius 1 is 1.29 bits per heavy atom. The average molecular weight is 300 g/mol. The van der Waals surface area contributed by atoms with E-state index < -0.39 is 5.97 Å². The van der Waals surface area contributed by atoms with Crippen LogP contribution < -0.4 is 5.32 Å². The van der Waals surface area contributed by atoms with Crippen molar-refractivity contribution in [3.8, 4) is 0 Å². The summed E-state index contributed by atoms with van der Waals surface area (Å²) >= 11 is 0. The quantitative estimate of drug-likeness (QED) is 0.669. The van der Waals surface area contributed by atoms with Crippen molar-refractivity contribution < 1.29 is 19.8 Å². The molecule has 1 rings (SSSR count). The molecule has 1 fully saturated rings. The summed E-state index contributed by atoms with van der Waals surface area (Å²) in [4.78, 5) is 25.1. The number of urea groups is 1. The molecule has 0 saturated heterocycles. The van der Waals surface area contributed by atoms with Gasteiger partial charge in [-0.1, -0.05) is 20.3 Å². The minimum atomic E-state index is -0.777. The number of nitrogens with one attached hydrogen (secondary N) is 1. The van der Waals surface area contributed by atoms with Crippen LogP contribution in [0.4, 0.5) is 4.79 Å². The molecule has 0 aromatic rings. The van der Waals surface area contributed by atoms with E-state index in [1.807, 2.05) is 13.8 Å². The highest BCUT2D eigenvalue weighted by atomic mass is 16.4. The molecule has 3 N–H and O–H groups in total. The summed E-state index contributed by atoms with van der Waals surface area (Å²) in [5.74, 6) is -1.13. The van der Waals surface area contributed by atoms with Gasteiger partial charge < -0.3 is 20.4 Å². The highest BCUT2D eigenvalue weighted by molar-refractivity contribution is 5.75. The summed E-state index contributed by atoms with van der Waals surface area (Å²) in [7, 11) is 0. The number of carbonyl (C=O) groups is 2. The Labute approximate surface area is 126 Å². The molecule has 1 aliphatic rings. The average Bonchev–Trinajstić information content (AvgIpc) is 2.47. The van der Waals surface area contributed by atoms with Gasteiger partial charge >= 0.3 is 12.0 Å². The molecule has 0 heterocycles. The van der Waals surface area contributed by atoms with Gasteiger partial charge in [-0.05, 0) is 32.1 Å². The lowest BCUT2D eigenvalue weighted by molar-refractivity contribution is -0.143. The number of rotatable bonds is 7. The molecule has 0 bridgehead atoms. The van der Waals surface area contributed by atoms with Gasteiger partial charge in [-0.3, -0.25) is 4.79 Å². The maximum absolute atomic E-state index is 12.4. The van der Waals surface area contributed by atoms with E-state index in [2.05, 4.69) is 5.32 Å². The predicted octanol–water partition coefficient (Wildman–Crippen LogP) is 1.82. The van der Waals surface area contributed by atoms with Crippen molar-refractivity contribution >= 4 is 12.0 Å². The second-order valence-electron chi connectivity index (χ2n) is 5.74. The van der Waals surface area contributed by atoms with Crippen molar-refractivity contribution in [2.24, 2.45) is 5.92 Å². The number of nitrogens with zero attached hydrogens (tertiary/aromatic N) is 1. The van der Waals surface area contributed by atoms with E-state index in [1.54, 1.807) is 4.90 Å². The fourth-order valence-corrected chi connectivity index (χ4v) is 3.09. The lowest BCUT2D eigenvalue weighted by Crippen LogP contribution is -2.51. The summed E-state index contributed by atoms with van der Waals surface area (Å²) in [6.45, 7) is 4.29. The second-order valence-corrected chi connectivity index (χ2v) is 5.74. The van der Waals surface area contributed by atoms with E-state index >= 15 is 0 Å². The third kappa shape index (κ3) is 5.19. The molecule has 0 spiro atoms. The second kappa shape index (κ2) is 8.87. The van der Waals surface area contributed by atoms with Crippen molar-refractivity contribution in [1.29, 1.82) is 0 Å². The van der Waals surface area contributed by atoms with Crippen molar-refractivity contribution in [2.45, 2.75) is 64.5 Å². The van der Waals surface area contributed by atoms with Crippen LogP contribution in [-0.2, 0) is 4.79 Å². The highest BCUT2D eigenvalue weighted by Gasteiger charge is 2.29. The Hall–Kier alpha value is -1.30. The van der Waals surface area contributed by atoms with Gasteiger partial charge in [-0.15, -0.1) is 0 Å². The number of aliphatic carboxylic acids is 1. The van der Waals surface area contributed by atoms with E-state index in [1.165, 1.54) is 0 Å². The van der Waals surface area contributed by atoms with Crippen molar-refractivity contribution in [1.82, 2.24) is 10.2 Å². The normalized spacial score (nSPS) is 22.1. The summed E-state index contributed by atoms with van der Waals surface area (Å²) in [6.07, 6.45) is 4.52. The fourth-order valence-electron chi connectivity index (χ4n) is 3.09. The van der Waals surface area contributed by atoms with Gasteiger partial charge in [0.25, 0.3) is 0 Å². The van der Waals surface area contributed by atoms with E-state index in [0.29, 0.717) is 19.4 Å². The molecular formula is C15H28N2O4. The van der Waals surface area contributed by atoms with Crippen molar-refractivity contribution in [3.63, 3.8) is 0 Å². The standard InChI is InChI=1S/C15H28N2O4/c1-3-13(4-2)17(8-9-18)15(21)16-12-7-5-6-11(10-12)14(19)20/h11-13,18H,3-10H2,1-2H3,(H,16,21)(H,19,20). The molecule has 2 unspecified atom stereocenters. The number of carbonyl (C=O) groups excluding carboxylic acids is 1. The third-order valence-corrected chi connectivity index (χ3v) is 4.34. The van der Waals surface area contributed by atoms with Gasteiger partial charge in [-0.25, -0.2) is 4.79 Å². The van der Waals surface area contributed by atoms with Crippen LogP contribution in [0.5, 0.6) is 0 Å². The Morgan fingerprint density at radius 2 is 1.95 bits per heavy atom. The number of amides is 2. The molecule has 0 aliphatic heterocycles. The first-order valence-electron chi connectivity index (χ1n) is 7.94. The summed E-state index contributed by atoms with van der Waals surface area (Å²) in [6, 6.07) is -0.160. The topological polar surface area (TPSA) is 89.9 Å². The number of carboxylic acids is 1. The molecule has 2 atom stereocenters. The van der Waals surface area contributed by atoms with Gasteiger partial charge in [0, 0.05) is 18.6 Å². The van der Waals surface area contributed by atoms with Crippen LogP contribution in [0.2, 0.25) is 0 Å². The molecule has 21 heavy (non-hydrogen) atoms. The molecule has 6 nitrogen and oxygen atoms in total. The zero-order valence-corrected chi connectivity index (χ0v) is 13.0. The van der Waals surface area contributed by atoms with Crippen LogP contribution in [0.25, 0.3) is 0 Å². The molecule has 0 aromatic carbocycles. The molecule has 2 amide bonds. The van der Waals surface area contributed by atoms with Crippen LogP contribution in [0.3, 0.4) is 0 Å². The lowest BCUT2D eigenvalue weighted by atomic mass is 9.86. The van der Waals surface area contributed by atoms with Gasteiger partial charge in [-0.2, -0.15) is 0 Å². The maximum Gasteiger partial charge on any atom is 0.317 e. The Morgan fingerprint density at radius 3 is 2.48 bits per heavy atom. The van der Waals surface area contributed by atoms with Crippen LogP contribution >= 0.6 is 0 Å². The van der Waals surface area contributed by atoms with Crippen LogP contribution in [-0.4, -0.2) is 52.3 Å². The van der Waals surface area contributed by atoms with E-state index in [0.717, 1.165) is 25.7 Å². The van der Waals surface area contributed by atoms with Crippen LogP contribution in [0.1, 0.15) is 52.4 Å². The monoisotopic (exact) mass is 300 g/mol. The van der Waals surface area contributed by atoms with Crippen LogP contribution in [0.15, 0.2) is 0 Å². The van der Waals surface area contributed by atoms with E-state index in [4.69, 9.17) is 10.2 Å². The minimum Gasteiger partial charge on any atom is -0.481 e. The highest BCUT2D eigenvalue weighted by Crippen LogP contribution is 2.24. The number of aliphatic hydroxyl groups is 1. The minimum absolute atomic E-state index is 0.0632. The number of hydrogen-bond donors (Lipinski definition) is 3. The first-order chi connectivity index (χ1) is 10.0. The molecule has 0 radical (unpaired) electrons. The van der Waals surface area contributed by atoms with E-state index in [-0.39, 0.29) is 30.6 Å². The molecule has 6 heteroatoms. The van der Waals surface area contributed by atoms with Gasteiger partial charge in [0.2, 0.25) is 0 Å². The molecule has 1 aliphatic carbocycles. The van der Waals surface area contributed by atoms with Crippen molar-refractivity contribution in [3.05, 3.63) is 0 Å². The Kier molecular flexibility index (Phi) is 7.50. The van der Waals surface area contributed by atoms with E-state index in [9.17, 15) is 9.59 Å². The molecule has 122 valence electrons. The maximum atomic E-state index is 12.4. The smallest absolute Gasteiger partial charge is 0.317 e. The molecule has 1 saturated carbocycles. The zero-order chi connectivity index (χ0) is 15.8. The number of carboxylic acid groups (broad SMARTS) is 1. The number of hydrogen-bond acceptors (Lipinski definition) is 3. The number of aliphatic hydroxyl groups excluding tert-OH is 1. The largest absolute Gasteiger partial charge is 0.481 e. The Balaban J connectivity index is 2.61. The summed E-state index contributed by atoms with van der Waals surface area (Å²) < 4.78 is 0. The first kappa shape index (κ1) is 17.8. The van der Waals surface area contributed by atoms with Gasteiger partial charge in [0.05, 0.1) is 12.5 Å². The summed E-state index contributed by atoms with van der Waals surface area (Å²) in [5, 5.41) is 21.2. The SMILES string of the molecule is CCC(CC)N(CCO)C(=O)NC1CCCC(C(=O)O)C1. The van der Waals surface area contributed by atoms with Gasteiger partial charge in [0.15, 0.2) is 0 Å². The predicted molar refractivity (Wildman–Crippen MR) is 80.1 cm³/mol. The molecular weight excluding hydrogens is 272 g/mol. The lowest BCUT2D eigenvalue weighted by Gasteiger charge is -2.34. The van der Waals surface area contributed by atoms with Crippen molar-refractivity contribution in [2.75, 3.05) is 13.2 Å².